The van der Waals surface area contributed by atoms with E-state index in [1.54, 1.807) is 13.4 Å². The molecule has 6 nitrogen and oxygen atoms in total. The highest BCUT2D eigenvalue weighted by atomic mass is 16.5. The Morgan fingerprint density at radius 3 is 2.47 bits per heavy atom. The van der Waals surface area contributed by atoms with Gasteiger partial charge in [-0.05, 0) is 99.5 Å². The number of aryl methyl sites for hydroxylation is 2. The highest BCUT2D eigenvalue weighted by Crippen LogP contribution is 2.39. The van der Waals surface area contributed by atoms with Crippen LogP contribution in [-0.4, -0.2) is 40.3 Å². The third-order valence-corrected chi connectivity index (χ3v) is 8.65. The molecule has 202 valence electrons. The average Bonchev–Trinajstić information content (AvgIpc) is 3.38. The molecule has 3 aromatic rings. The summed E-state index contributed by atoms with van der Waals surface area (Å²) in [6, 6.07) is 14.9. The lowest BCUT2D eigenvalue weighted by Gasteiger charge is -2.36. The van der Waals surface area contributed by atoms with Crippen LogP contribution < -0.4 is 9.64 Å². The first-order valence-electron chi connectivity index (χ1n) is 14.1. The van der Waals surface area contributed by atoms with Crippen LogP contribution in [0.5, 0.6) is 5.75 Å². The van der Waals surface area contributed by atoms with Crippen molar-refractivity contribution < 1.29 is 14.6 Å². The van der Waals surface area contributed by atoms with Gasteiger partial charge in [0.05, 0.1) is 25.2 Å². The van der Waals surface area contributed by atoms with E-state index < -0.39 is 0 Å². The molecule has 1 aromatic heterocycles. The molecule has 2 fully saturated rings. The maximum absolute atomic E-state index is 13.9. The molecule has 2 saturated carbocycles. The van der Waals surface area contributed by atoms with E-state index in [1.165, 1.54) is 11.1 Å². The number of aromatic nitrogens is 2. The number of carbonyl (C=O) groups is 1. The number of hydrogen-bond acceptors (Lipinski definition) is 4. The monoisotopic (exact) mass is 515 g/mol. The molecular formula is C32H41N3O3. The molecule has 2 aromatic carbocycles. The number of imidazole rings is 1. The fourth-order valence-electron chi connectivity index (χ4n) is 6.35. The molecule has 5 rings (SSSR count). The SMILES string of the molecule is COc1ccc([C@H]2CC[C@H](CN(c3cccc(-c4cn(C)cn4)c3)C(=O)[C@H]3CC[C@H](O)CC3)CC2)cc1C. The fraction of sp³-hybridized carbons (Fsp3) is 0.500. The van der Waals surface area contributed by atoms with Crippen molar-refractivity contribution >= 4 is 11.6 Å². The van der Waals surface area contributed by atoms with E-state index in [9.17, 15) is 9.90 Å². The van der Waals surface area contributed by atoms with Crippen LogP contribution in [0.25, 0.3) is 11.3 Å². The number of carbonyl (C=O) groups excluding carboxylic acids is 1. The van der Waals surface area contributed by atoms with Gasteiger partial charge >= 0.3 is 0 Å². The molecular weight excluding hydrogens is 474 g/mol. The molecule has 0 aliphatic heterocycles. The van der Waals surface area contributed by atoms with E-state index in [0.717, 1.165) is 67.8 Å². The number of aliphatic hydroxyl groups excluding tert-OH is 1. The summed E-state index contributed by atoms with van der Waals surface area (Å²) < 4.78 is 7.40. The molecule has 0 unspecified atom stereocenters. The number of methoxy groups -OCH3 is 1. The summed E-state index contributed by atoms with van der Waals surface area (Å²) in [5.41, 5.74) is 5.49. The Hall–Kier alpha value is -3.12. The zero-order chi connectivity index (χ0) is 26.6. The molecule has 1 amide bonds. The van der Waals surface area contributed by atoms with Gasteiger partial charge in [-0.1, -0.05) is 24.3 Å². The molecule has 0 spiro atoms. The van der Waals surface area contributed by atoms with Crippen molar-refractivity contribution in [2.24, 2.45) is 18.9 Å². The lowest BCUT2D eigenvalue weighted by atomic mass is 9.78. The van der Waals surface area contributed by atoms with Crippen molar-refractivity contribution in [3.05, 3.63) is 66.1 Å². The van der Waals surface area contributed by atoms with Gasteiger partial charge in [-0.15, -0.1) is 0 Å². The van der Waals surface area contributed by atoms with E-state index in [4.69, 9.17) is 4.74 Å². The standard InChI is InChI=1S/C32H41N3O3/c1-22-17-26(13-16-31(22)38-3)24-9-7-23(8-10-24)19-35(32(37)25-11-14-29(36)15-12-25)28-6-4-5-27(18-28)30-20-34(2)21-33-30/h4-6,13,16-18,20-21,23-25,29,36H,7-12,14-15,19H2,1-3H3/t23-,24-,25-,29-. The highest BCUT2D eigenvalue weighted by molar-refractivity contribution is 5.95. The van der Waals surface area contributed by atoms with E-state index in [-0.39, 0.29) is 17.9 Å². The lowest BCUT2D eigenvalue weighted by molar-refractivity contribution is -0.124. The van der Waals surface area contributed by atoms with Crippen molar-refractivity contribution in [1.29, 1.82) is 0 Å². The Kier molecular flexibility index (Phi) is 8.18. The van der Waals surface area contributed by atoms with Crippen LogP contribution in [0.2, 0.25) is 0 Å². The van der Waals surface area contributed by atoms with E-state index in [2.05, 4.69) is 53.2 Å². The minimum atomic E-state index is -0.267. The fourth-order valence-corrected chi connectivity index (χ4v) is 6.35. The Balaban J connectivity index is 1.32. The van der Waals surface area contributed by atoms with Gasteiger partial charge in [0.15, 0.2) is 0 Å². The van der Waals surface area contributed by atoms with Gasteiger partial charge in [-0.25, -0.2) is 4.98 Å². The maximum Gasteiger partial charge on any atom is 0.230 e. The minimum absolute atomic E-state index is 0.0180. The van der Waals surface area contributed by atoms with Crippen molar-refractivity contribution in [3.8, 4) is 17.0 Å². The quantitative estimate of drug-likeness (QED) is 0.403. The first-order chi connectivity index (χ1) is 18.4. The summed E-state index contributed by atoms with van der Waals surface area (Å²) >= 11 is 0. The summed E-state index contributed by atoms with van der Waals surface area (Å²) in [6.07, 6.45) is 11.0. The second-order valence-corrected chi connectivity index (χ2v) is 11.4. The van der Waals surface area contributed by atoms with Crippen molar-refractivity contribution in [2.75, 3.05) is 18.6 Å². The molecule has 0 atom stereocenters. The van der Waals surface area contributed by atoms with Crippen molar-refractivity contribution in [2.45, 2.75) is 70.3 Å². The van der Waals surface area contributed by atoms with Gasteiger partial charge in [-0.3, -0.25) is 4.79 Å². The molecule has 0 bridgehead atoms. The summed E-state index contributed by atoms with van der Waals surface area (Å²) in [7, 11) is 3.69. The number of nitrogens with zero attached hydrogens (tertiary/aromatic N) is 3. The van der Waals surface area contributed by atoms with Crippen LogP contribution in [0, 0.1) is 18.8 Å². The summed E-state index contributed by atoms with van der Waals surface area (Å²) in [6.45, 7) is 2.86. The van der Waals surface area contributed by atoms with Crippen LogP contribution in [-0.2, 0) is 11.8 Å². The molecule has 2 aliphatic carbocycles. The number of anilines is 1. The number of rotatable bonds is 7. The number of hydrogen-bond donors (Lipinski definition) is 1. The predicted molar refractivity (Wildman–Crippen MR) is 151 cm³/mol. The molecule has 1 N–H and O–H groups in total. The molecule has 2 aliphatic rings. The van der Waals surface area contributed by atoms with E-state index >= 15 is 0 Å². The van der Waals surface area contributed by atoms with Gasteiger partial charge in [0, 0.05) is 37.0 Å². The third kappa shape index (κ3) is 5.96. The normalized spacial score (nSPS) is 23.7. The Morgan fingerprint density at radius 2 is 1.82 bits per heavy atom. The first-order valence-corrected chi connectivity index (χ1v) is 14.1. The zero-order valence-corrected chi connectivity index (χ0v) is 23.0. The summed E-state index contributed by atoms with van der Waals surface area (Å²) in [5, 5.41) is 10.0. The Morgan fingerprint density at radius 1 is 1.05 bits per heavy atom. The van der Waals surface area contributed by atoms with Crippen LogP contribution in [0.1, 0.15) is 68.4 Å². The molecule has 38 heavy (non-hydrogen) atoms. The van der Waals surface area contributed by atoms with Crippen LogP contribution in [0.4, 0.5) is 5.69 Å². The van der Waals surface area contributed by atoms with Crippen LogP contribution in [0.15, 0.2) is 55.0 Å². The van der Waals surface area contributed by atoms with Gasteiger partial charge in [0.1, 0.15) is 5.75 Å². The first kappa shape index (κ1) is 26.5. The maximum atomic E-state index is 13.9. The molecule has 0 saturated heterocycles. The zero-order valence-electron chi connectivity index (χ0n) is 23.0. The smallest absolute Gasteiger partial charge is 0.230 e. The third-order valence-electron chi connectivity index (χ3n) is 8.65. The average molecular weight is 516 g/mol. The van der Waals surface area contributed by atoms with E-state index in [1.807, 2.05) is 23.9 Å². The number of amides is 1. The topological polar surface area (TPSA) is 67.6 Å². The van der Waals surface area contributed by atoms with Gasteiger partial charge in [0.25, 0.3) is 0 Å². The molecule has 1 heterocycles. The van der Waals surface area contributed by atoms with Crippen molar-refractivity contribution in [1.82, 2.24) is 9.55 Å². The predicted octanol–water partition coefficient (Wildman–Crippen LogP) is 6.26. The largest absolute Gasteiger partial charge is 0.496 e. The Labute approximate surface area is 226 Å². The van der Waals surface area contributed by atoms with Crippen LogP contribution in [0.3, 0.4) is 0 Å². The number of benzene rings is 2. The number of ether oxygens (including phenoxy) is 1. The molecule has 0 radical (unpaired) electrons. The summed E-state index contributed by atoms with van der Waals surface area (Å²) in [5.74, 6) is 2.17. The van der Waals surface area contributed by atoms with Crippen molar-refractivity contribution in [3.63, 3.8) is 0 Å². The Bertz CT molecular complexity index is 1240. The summed E-state index contributed by atoms with van der Waals surface area (Å²) in [4.78, 5) is 20.5. The van der Waals surface area contributed by atoms with Crippen LogP contribution >= 0.6 is 0 Å². The lowest BCUT2D eigenvalue weighted by Crippen LogP contribution is -2.41. The van der Waals surface area contributed by atoms with E-state index in [0.29, 0.717) is 24.7 Å². The minimum Gasteiger partial charge on any atom is -0.496 e. The second kappa shape index (κ2) is 11.7. The second-order valence-electron chi connectivity index (χ2n) is 11.4. The van der Waals surface area contributed by atoms with Gasteiger partial charge < -0.3 is 19.3 Å². The molecule has 6 heteroatoms. The van der Waals surface area contributed by atoms with Gasteiger partial charge in [-0.2, -0.15) is 0 Å². The van der Waals surface area contributed by atoms with Gasteiger partial charge in [0.2, 0.25) is 5.91 Å². The number of aliphatic hydroxyl groups is 1. The highest BCUT2D eigenvalue weighted by Gasteiger charge is 2.32.